The van der Waals surface area contributed by atoms with Crippen LogP contribution in [0, 0.1) is 0 Å². The second kappa shape index (κ2) is 8.42. The van der Waals surface area contributed by atoms with Crippen LogP contribution in [0.1, 0.15) is 68.4 Å². The molecule has 0 amide bonds. The van der Waals surface area contributed by atoms with Crippen molar-refractivity contribution in [3.05, 3.63) is 39.9 Å². The molecule has 0 bridgehead atoms. The summed E-state index contributed by atoms with van der Waals surface area (Å²) >= 11 is 0. The molecule has 0 unspecified atom stereocenters. The standard InChI is InChI=1S/C23H28N6O4/c30-16-6-8-28(9-7-16)21(22-25-26-27-29(22)15-4-2-1-3-5-15)17-10-14-11-19-20(33-13-32-19)12-18(14)24-23(17)31/h10-12,15-16,21,30H,1-9,13H2,(H,24,31)/t21-/m0/s1. The van der Waals surface area contributed by atoms with E-state index in [0.717, 1.165) is 31.1 Å². The van der Waals surface area contributed by atoms with Gasteiger partial charge < -0.3 is 19.6 Å². The fraction of sp³-hybridized carbons (Fsp3) is 0.565. The molecule has 10 nitrogen and oxygen atoms in total. The first-order valence-corrected chi connectivity index (χ1v) is 11.8. The highest BCUT2D eigenvalue weighted by Crippen LogP contribution is 2.37. The zero-order valence-electron chi connectivity index (χ0n) is 18.4. The fourth-order valence-electron chi connectivity index (χ4n) is 5.43. The van der Waals surface area contributed by atoms with Gasteiger partial charge in [-0.2, -0.15) is 0 Å². The highest BCUT2D eigenvalue weighted by Gasteiger charge is 2.34. The number of hydrogen-bond acceptors (Lipinski definition) is 8. The van der Waals surface area contributed by atoms with Gasteiger partial charge in [0.15, 0.2) is 17.3 Å². The summed E-state index contributed by atoms with van der Waals surface area (Å²) in [7, 11) is 0. The third-order valence-corrected chi connectivity index (χ3v) is 7.21. The first-order valence-electron chi connectivity index (χ1n) is 11.8. The van der Waals surface area contributed by atoms with E-state index < -0.39 is 6.04 Å². The quantitative estimate of drug-likeness (QED) is 0.619. The first kappa shape index (κ1) is 20.6. The zero-order valence-corrected chi connectivity index (χ0v) is 18.4. The Morgan fingerprint density at radius 3 is 2.58 bits per heavy atom. The molecule has 174 valence electrons. The van der Waals surface area contributed by atoms with Crippen LogP contribution in [0.4, 0.5) is 0 Å². The van der Waals surface area contributed by atoms with Gasteiger partial charge in [-0.15, -0.1) is 5.10 Å². The van der Waals surface area contributed by atoms with E-state index >= 15 is 0 Å². The molecule has 2 aromatic heterocycles. The number of H-pyrrole nitrogens is 1. The number of aromatic nitrogens is 5. The predicted molar refractivity (Wildman–Crippen MR) is 119 cm³/mol. The molecule has 10 heteroatoms. The van der Waals surface area contributed by atoms with E-state index in [1.54, 1.807) is 6.07 Å². The third kappa shape index (κ3) is 3.76. The number of aliphatic hydroxyl groups is 1. The van der Waals surface area contributed by atoms with Crippen LogP contribution in [0.2, 0.25) is 0 Å². The normalized spacial score (nSPS) is 21.0. The Labute approximate surface area is 190 Å². The van der Waals surface area contributed by atoms with Crippen LogP contribution in [0.25, 0.3) is 10.9 Å². The minimum absolute atomic E-state index is 0.171. The minimum Gasteiger partial charge on any atom is -0.454 e. The van der Waals surface area contributed by atoms with Crippen LogP contribution >= 0.6 is 0 Å². The van der Waals surface area contributed by atoms with Gasteiger partial charge in [-0.1, -0.05) is 19.3 Å². The van der Waals surface area contributed by atoms with Gasteiger partial charge in [0.2, 0.25) is 6.79 Å². The topological polar surface area (TPSA) is 118 Å². The molecule has 2 fully saturated rings. The number of piperidine rings is 1. The third-order valence-electron chi connectivity index (χ3n) is 7.21. The maximum absolute atomic E-state index is 13.4. The molecule has 1 aliphatic carbocycles. The van der Waals surface area contributed by atoms with Crippen molar-refractivity contribution in [3.63, 3.8) is 0 Å². The number of benzene rings is 1. The van der Waals surface area contributed by atoms with Gasteiger partial charge in [-0.25, -0.2) is 4.68 Å². The smallest absolute Gasteiger partial charge is 0.253 e. The van der Waals surface area contributed by atoms with Crippen LogP contribution in [0.5, 0.6) is 11.5 Å². The largest absolute Gasteiger partial charge is 0.454 e. The minimum atomic E-state index is -0.395. The Morgan fingerprint density at radius 1 is 1.03 bits per heavy atom. The van der Waals surface area contributed by atoms with Crippen molar-refractivity contribution in [2.45, 2.75) is 63.1 Å². The van der Waals surface area contributed by atoms with E-state index in [1.807, 2.05) is 16.8 Å². The van der Waals surface area contributed by atoms with E-state index in [-0.39, 0.29) is 24.5 Å². The lowest BCUT2D eigenvalue weighted by atomic mass is 9.94. The predicted octanol–water partition coefficient (Wildman–Crippen LogP) is 2.29. The summed E-state index contributed by atoms with van der Waals surface area (Å²) in [6.45, 7) is 1.52. The molecule has 4 heterocycles. The van der Waals surface area contributed by atoms with Gasteiger partial charge in [-0.05, 0) is 48.2 Å². The Hall–Kier alpha value is -2.98. The zero-order chi connectivity index (χ0) is 22.4. The number of pyridine rings is 1. The second-order valence-corrected chi connectivity index (χ2v) is 9.29. The number of aliphatic hydroxyl groups excluding tert-OH is 1. The molecule has 0 radical (unpaired) electrons. The molecule has 1 aromatic carbocycles. The molecule has 3 aromatic rings. The van der Waals surface area contributed by atoms with Crippen molar-refractivity contribution < 1.29 is 14.6 Å². The van der Waals surface area contributed by atoms with Gasteiger partial charge in [0, 0.05) is 30.1 Å². The molecule has 1 atom stereocenters. The van der Waals surface area contributed by atoms with Gasteiger partial charge >= 0.3 is 0 Å². The van der Waals surface area contributed by atoms with Crippen LogP contribution in [0.15, 0.2) is 23.0 Å². The number of fused-ring (bicyclic) bond motifs is 2. The molecular formula is C23H28N6O4. The summed E-state index contributed by atoms with van der Waals surface area (Å²) in [6.07, 6.45) is 6.65. The number of hydrogen-bond donors (Lipinski definition) is 2. The lowest BCUT2D eigenvalue weighted by Crippen LogP contribution is -2.42. The van der Waals surface area contributed by atoms with Crippen molar-refractivity contribution >= 4 is 10.9 Å². The van der Waals surface area contributed by atoms with Crippen molar-refractivity contribution in [1.29, 1.82) is 0 Å². The molecule has 1 saturated carbocycles. The van der Waals surface area contributed by atoms with Gasteiger partial charge in [0.25, 0.3) is 5.56 Å². The monoisotopic (exact) mass is 452 g/mol. The number of nitrogens with zero attached hydrogens (tertiary/aromatic N) is 5. The number of rotatable bonds is 4. The summed E-state index contributed by atoms with van der Waals surface area (Å²) < 4.78 is 13.0. The first-order chi connectivity index (χ1) is 16.2. The van der Waals surface area contributed by atoms with Crippen molar-refractivity contribution in [1.82, 2.24) is 30.1 Å². The van der Waals surface area contributed by atoms with Crippen molar-refractivity contribution in [2.24, 2.45) is 0 Å². The van der Waals surface area contributed by atoms with Crippen molar-refractivity contribution in [3.8, 4) is 11.5 Å². The highest BCUT2D eigenvalue weighted by atomic mass is 16.7. The Bertz CT molecular complexity index is 1210. The fourth-order valence-corrected chi connectivity index (χ4v) is 5.43. The number of nitrogens with one attached hydrogen (secondary N) is 1. The molecule has 2 N–H and O–H groups in total. The van der Waals surface area contributed by atoms with E-state index in [1.165, 1.54) is 6.42 Å². The van der Waals surface area contributed by atoms with Crippen molar-refractivity contribution in [2.75, 3.05) is 19.9 Å². The Balaban J connectivity index is 1.47. The average Bonchev–Trinajstić information content (AvgIpc) is 3.49. The van der Waals surface area contributed by atoms with E-state index in [4.69, 9.17) is 9.47 Å². The Kier molecular flexibility index (Phi) is 5.26. The summed E-state index contributed by atoms with van der Waals surface area (Å²) in [5.74, 6) is 2.00. The summed E-state index contributed by atoms with van der Waals surface area (Å²) in [6, 6.07) is 5.48. The highest BCUT2D eigenvalue weighted by molar-refractivity contribution is 5.83. The number of aromatic amines is 1. The number of ether oxygens (including phenoxy) is 2. The summed E-state index contributed by atoms with van der Waals surface area (Å²) in [4.78, 5) is 18.6. The molecule has 1 saturated heterocycles. The SMILES string of the molecule is O=c1[nH]c2cc3c(cc2cc1[C@@H](c1nnnn1C1CCCCC1)N1CCC(O)CC1)OCO3. The lowest BCUT2D eigenvalue weighted by Gasteiger charge is -2.36. The van der Waals surface area contributed by atoms with Gasteiger partial charge in [0.1, 0.15) is 6.04 Å². The lowest BCUT2D eigenvalue weighted by molar-refractivity contribution is 0.0651. The van der Waals surface area contributed by atoms with E-state index in [9.17, 15) is 9.90 Å². The number of likely N-dealkylation sites (tertiary alicyclic amines) is 1. The summed E-state index contributed by atoms with van der Waals surface area (Å²) in [5, 5.41) is 23.8. The van der Waals surface area contributed by atoms with Crippen LogP contribution in [0.3, 0.4) is 0 Å². The molecular weight excluding hydrogens is 424 g/mol. The van der Waals surface area contributed by atoms with E-state index in [0.29, 0.717) is 54.3 Å². The average molecular weight is 453 g/mol. The van der Waals surface area contributed by atoms with Gasteiger partial charge in [-0.3, -0.25) is 9.69 Å². The van der Waals surface area contributed by atoms with Gasteiger partial charge in [0.05, 0.1) is 17.7 Å². The molecule has 2 aliphatic heterocycles. The molecule has 3 aliphatic rings. The van der Waals surface area contributed by atoms with Crippen LogP contribution < -0.4 is 15.0 Å². The molecule has 0 spiro atoms. The Morgan fingerprint density at radius 2 is 1.79 bits per heavy atom. The molecule has 33 heavy (non-hydrogen) atoms. The summed E-state index contributed by atoms with van der Waals surface area (Å²) in [5.41, 5.74) is 1.13. The van der Waals surface area contributed by atoms with E-state index in [2.05, 4.69) is 25.4 Å². The number of tetrazole rings is 1. The maximum Gasteiger partial charge on any atom is 0.253 e. The van der Waals surface area contributed by atoms with Crippen LogP contribution in [-0.2, 0) is 0 Å². The molecule has 6 rings (SSSR count). The van der Waals surface area contributed by atoms with Crippen LogP contribution in [-0.4, -0.2) is 61.2 Å². The second-order valence-electron chi connectivity index (χ2n) is 9.29. The maximum atomic E-state index is 13.4.